The van der Waals surface area contributed by atoms with Crippen LogP contribution < -0.4 is 5.14 Å². The second-order valence-electron chi connectivity index (χ2n) is 6.71. The monoisotopic (exact) mass is 336 g/mol. The number of nitrogens with zero attached hydrogens (tertiary/aromatic N) is 1. The van der Waals surface area contributed by atoms with E-state index < -0.39 is 10.0 Å². The number of carbonyl (C=O) groups excluding carboxylic acids is 1. The van der Waals surface area contributed by atoms with Crippen LogP contribution >= 0.6 is 0 Å². The summed E-state index contributed by atoms with van der Waals surface area (Å²) in [6.45, 7) is 0.856. The molecular weight excluding hydrogens is 312 g/mol. The van der Waals surface area contributed by atoms with Gasteiger partial charge in [-0.2, -0.15) is 0 Å². The van der Waals surface area contributed by atoms with Crippen LogP contribution in [-0.4, -0.2) is 31.8 Å². The third-order valence-electron chi connectivity index (χ3n) is 5.17. The lowest BCUT2D eigenvalue weighted by atomic mass is 9.95. The summed E-state index contributed by atoms with van der Waals surface area (Å²) >= 11 is 0. The molecule has 0 spiro atoms. The maximum Gasteiger partial charge on any atom is 0.238 e. The van der Waals surface area contributed by atoms with Gasteiger partial charge in [0.1, 0.15) is 0 Å². The van der Waals surface area contributed by atoms with Gasteiger partial charge in [-0.15, -0.1) is 0 Å². The second-order valence-corrected chi connectivity index (χ2v) is 8.27. The normalized spacial score (nSPS) is 22.7. The molecule has 0 radical (unpaired) electrons. The lowest BCUT2D eigenvalue weighted by Gasteiger charge is -2.29. The average molecular weight is 336 g/mol. The number of rotatable bonds is 4. The molecule has 1 heterocycles. The molecule has 1 saturated heterocycles. The van der Waals surface area contributed by atoms with E-state index in [0.29, 0.717) is 18.4 Å². The van der Waals surface area contributed by atoms with E-state index in [2.05, 4.69) is 4.90 Å². The van der Waals surface area contributed by atoms with Crippen molar-refractivity contribution in [3.05, 3.63) is 29.8 Å². The molecule has 2 N–H and O–H groups in total. The average Bonchev–Trinajstić information content (AvgIpc) is 3.17. The van der Waals surface area contributed by atoms with Gasteiger partial charge in [0, 0.05) is 12.6 Å². The largest absolute Gasteiger partial charge is 0.339 e. The van der Waals surface area contributed by atoms with Crippen molar-refractivity contribution in [2.24, 2.45) is 11.1 Å². The lowest BCUT2D eigenvalue weighted by molar-refractivity contribution is -0.132. The number of carbonyl (C=O) groups is 1. The Morgan fingerprint density at radius 1 is 1.09 bits per heavy atom. The van der Waals surface area contributed by atoms with E-state index in [4.69, 9.17) is 5.14 Å². The first kappa shape index (κ1) is 16.5. The minimum Gasteiger partial charge on any atom is -0.339 e. The van der Waals surface area contributed by atoms with Gasteiger partial charge in [0.05, 0.1) is 11.3 Å². The van der Waals surface area contributed by atoms with Gasteiger partial charge >= 0.3 is 0 Å². The van der Waals surface area contributed by atoms with Crippen LogP contribution in [0.25, 0.3) is 0 Å². The third-order valence-corrected chi connectivity index (χ3v) is 6.10. The van der Waals surface area contributed by atoms with E-state index in [1.807, 2.05) is 0 Å². The van der Waals surface area contributed by atoms with Gasteiger partial charge in [-0.1, -0.05) is 25.0 Å². The Morgan fingerprint density at radius 2 is 1.74 bits per heavy atom. The van der Waals surface area contributed by atoms with Gasteiger partial charge in [-0.05, 0) is 49.3 Å². The standard InChI is InChI=1S/C17H24N2O3S/c18-23(21,22)15-9-7-13(8-10-15)12-17(20)19-11-3-6-16(19)14-4-1-2-5-14/h7-10,14,16H,1-6,11-12H2,(H2,18,21,22)/t16-/m0/s1. The first-order valence-electron chi connectivity index (χ1n) is 8.36. The number of benzene rings is 1. The van der Waals surface area contributed by atoms with Crippen LogP contribution in [0.2, 0.25) is 0 Å². The highest BCUT2D eigenvalue weighted by Crippen LogP contribution is 2.35. The summed E-state index contributed by atoms with van der Waals surface area (Å²) < 4.78 is 22.5. The van der Waals surface area contributed by atoms with Gasteiger partial charge in [-0.25, -0.2) is 13.6 Å². The van der Waals surface area contributed by atoms with Crippen molar-refractivity contribution in [2.45, 2.75) is 55.9 Å². The minimum atomic E-state index is -3.68. The van der Waals surface area contributed by atoms with Crippen molar-refractivity contribution in [1.29, 1.82) is 0 Å². The number of nitrogens with two attached hydrogens (primary N) is 1. The molecule has 1 aromatic carbocycles. The second kappa shape index (κ2) is 6.61. The maximum atomic E-state index is 12.6. The predicted octanol–water partition coefficient (Wildman–Crippen LogP) is 2.06. The highest BCUT2D eigenvalue weighted by molar-refractivity contribution is 7.89. The summed E-state index contributed by atoms with van der Waals surface area (Å²) in [7, 11) is -3.68. The van der Waals surface area contributed by atoms with Crippen molar-refractivity contribution in [3.8, 4) is 0 Å². The van der Waals surface area contributed by atoms with Crippen molar-refractivity contribution >= 4 is 15.9 Å². The van der Waals surface area contributed by atoms with E-state index >= 15 is 0 Å². The van der Waals surface area contributed by atoms with E-state index in [-0.39, 0.29) is 10.8 Å². The van der Waals surface area contributed by atoms with Crippen molar-refractivity contribution < 1.29 is 13.2 Å². The van der Waals surface area contributed by atoms with Crippen LogP contribution in [0, 0.1) is 5.92 Å². The summed E-state index contributed by atoms with van der Waals surface area (Å²) in [6.07, 6.45) is 7.62. The Bertz CT molecular complexity index is 664. The molecule has 126 valence electrons. The number of hydrogen-bond acceptors (Lipinski definition) is 3. The SMILES string of the molecule is NS(=O)(=O)c1ccc(CC(=O)N2CCC[C@H]2C2CCCC2)cc1. The smallest absolute Gasteiger partial charge is 0.238 e. The molecule has 0 aromatic heterocycles. The molecule has 1 aromatic rings. The lowest BCUT2D eigenvalue weighted by Crippen LogP contribution is -2.40. The minimum absolute atomic E-state index is 0.0821. The van der Waals surface area contributed by atoms with Crippen molar-refractivity contribution in [2.75, 3.05) is 6.54 Å². The first-order valence-corrected chi connectivity index (χ1v) is 9.91. The predicted molar refractivity (Wildman–Crippen MR) is 88.2 cm³/mol. The fourth-order valence-electron chi connectivity index (χ4n) is 4.01. The molecule has 6 heteroatoms. The Balaban J connectivity index is 1.66. The van der Waals surface area contributed by atoms with Crippen LogP contribution in [0.1, 0.15) is 44.1 Å². The van der Waals surface area contributed by atoms with Gasteiger partial charge in [0.15, 0.2) is 0 Å². The van der Waals surface area contributed by atoms with Gasteiger partial charge in [0.2, 0.25) is 15.9 Å². The number of likely N-dealkylation sites (tertiary alicyclic amines) is 1. The number of sulfonamides is 1. The van der Waals surface area contributed by atoms with E-state index in [0.717, 1.165) is 24.9 Å². The van der Waals surface area contributed by atoms with E-state index in [9.17, 15) is 13.2 Å². The first-order chi connectivity index (χ1) is 10.9. The zero-order chi connectivity index (χ0) is 16.4. The zero-order valence-corrected chi connectivity index (χ0v) is 14.1. The third kappa shape index (κ3) is 3.75. The summed E-state index contributed by atoms with van der Waals surface area (Å²) in [5.74, 6) is 0.828. The molecule has 0 bridgehead atoms. The van der Waals surface area contributed by atoms with Crippen molar-refractivity contribution in [3.63, 3.8) is 0 Å². The van der Waals surface area contributed by atoms with Crippen molar-refractivity contribution in [1.82, 2.24) is 4.90 Å². The van der Waals surface area contributed by atoms with Gasteiger partial charge < -0.3 is 4.90 Å². The molecule has 23 heavy (non-hydrogen) atoms. The Morgan fingerprint density at radius 3 is 2.35 bits per heavy atom. The topological polar surface area (TPSA) is 80.5 Å². The molecule has 1 amide bonds. The molecule has 2 fully saturated rings. The highest BCUT2D eigenvalue weighted by Gasteiger charge is 2.35. The Hall–Kier alpha value is -1.40. The van der Waals surface area contributed by atoms with Crippen LogP contribution in [0.4, 0.5) is 0 Å². The molecule has 1 saturated carbocycles. The quantitative estimate of drug-likeness (QED) is 0.914. The highest BCUT2D eigenvalue weighted by atomic mass is 32.2. The number of amides is 1. The molecule has 1 aliphatic carbocycles. The molecular formula is C17H24N2O3S. The van der Waals surface area contributed by atoms with Gasteiger partial charge in [-0.3, -0.25) is 4.79 Å². The fraction of sp³-hybridized carbons (Fsp3) is 0.588. The van der Waals surface area contributed by atoms with Crippen LogP contribution in [-0.2, 0) is 21.2 Å². The molecule has 0 unspecified atom stereocenters. The Labute approximate surface area is 137 Å². The van der Waals surface area contributed by atoms with Crippen LogP contribution in [0.3, 0.4) is 0 Å². The Kier molecular flexibility index (Phi) is 4.73. The van der Waals surface area contributed by atoms with Crippen LogP contribution in [0.15, 0.2) is 29.2 Å². The van der Waals surface area contributed by atoms with Crippen LogP contribution in [0.5, 0.6) is 0 Å². The summed E-state index contributed by atoms with van der Waals surface area (Å²) in [6, 6.07) is 6.71. The fourth-order valence-corrected chi connectivity index (χ4v) is 4.52. The molecule has 5 nitrogen and oxygen atoms in total. The maximum absolute atomic E-state index is 12.6. The number of primary sulfonamides is 1. The summed E-state index contributed by atoms with van der Waals surface area (Å²) in [4.78, 5) is 14.8. The molecule has 2 aliphatic rings. The van der Waals surface area contributed by atoms with E-state index in [1.165, 1.54) is 37.8 Å². The zero-order valence-electron chi connectivity index (χ0n) is 13.3. The van der Waals surface area contributed by atoms with Gasteiger partial charge in [0.25, 0.3) is 0 Å². The molecule has 1 atom stereocenters. The van der Waals surface area contributed by atoms with E-state index in [1.54, 1.807) is 12.1 Å². The molecule has 1 aliphatic heterocycles. The summed E-state index contributed by atoms with van der Waals surface area (Å²) in [5.41, 5.74) is 0.833. The summed E-state index contributed by atoms with van der Waals surface area (Å²) in [5, 5.41) is 5.09. The molecule has 3 rings (SSSR count). The number of hydrogen-bond donors (Lipinski definition) is 1.